The molecule has 17 heavy (non-hydrogen) atoms. The predicted octanol–water partition coefficient (Wildman–Crippen LogP) is 1.09. The van der Waals surface area contributed by atoms with E-state index in [2.05, 4.69) is 16.6 Å². The molecule has 6 nitrogen and oxygen atoms in total. The first-order valence-corrected chi connectivity index (χ1v) is 4.77. The van der Waals surface area contributed by atoms with Crippen LogP contribution in [0.15, 0.2) is 18.2 Å². The molecule has 88 valence electrons. The Balaban J connectivity index is 3.06. The van der Waals surface area contributed by atoms with E-state index in [1.807, 2.05) is 0 Å². The van der Waals surface area contributed by atoms with E-state index in [1.165, 1.54) is 18.2 Å². The zero-order valence-corrected chi connectivity index (χ0v) is 9.10. The Morgan fingerprint density at radius 3 is 2.88 bits per heavy atom. The van der Waals surface area contributed by atoms with Crippen LogP contribution in [0.5, 0.6) is 0 Å². The Hall–Kier alpha value is -2.55. The van der Waals surface area contributed by atoms with Gasteiger partial charge in [-0.25, -0.2) is 4.79 Å². The summed E-state index contributed by atoms with van der Waals surface area (Å²) >= 11 is 0. The number of esters is 1. The van der Waals surface area contributed by atoms with Crippen molar-refractivity contribution >= 4 is 17.3 Å². The van der Waals surface area contributed by atoms with Crippen LogP contribution < -0.4 is 5.73 Å². The number of nitro benzene ring substituents is 1. The van der Waals surface area contributed by atoms with Gasteiger partial charge in [-0.3, -0.25) is 10.1 Å². The van der Waals surface area contributed by atoms with Crippen molar-refractivity contribution in [3.63, 3.8) is 0 Å². The van der Waals surface area contributed by atoms with Crippen molar-refractivity contribution in [3.8, 4) is 11.8 Å². The average molecular weight is 234 g/mol. The highest BCUT2D eigenvalue weighted by atomic mass is 16.6. The van der Waals surface area contributed by atoms with Gasteiger partial charge in [-0.1, -0.05) is 0 Å². The lowest BCUT2D eigenvalue weighted by molar-refractivity contribution is -0.385. The van der Waals surface area contributed by atoms with Crippen LogP contribution in [0.3, 0.4) is 0 Å². The molecule has 0 saturated heterocycles. The number of benzene rings is 1. The van der Waals surface area contributed by atoms with Crippen molar-refractivity contribution in [2.75, 3.05) is 12.3 Å². The largest absolute Gasteiger partial charge is 0.456 e. The first-order chi connectivity index (χ1) is 8.04. The fourth-order valence-electron chi connectivity index (χ4n) is 1.09. The highest BCUT2D eigenvalue weighted by Gasteiger charge is 2.12. The molecule has 0 aromatic heterocycles. The van der Waals surface area contributed by atoms with E-state index in [9.17, 15) is 14.9 Å². The summed E-state index contributed by atoms with van der Waals surface area (Å²) in [5.41, 5.74) is 5.58. The molecule has 0 fully saturated rings. The minimum Gasteiger partial charge on any atom is -0.456 e. The number of anilines is 1. The van der Waals surface area contributed by atoms with Gasteiger partial charge < -0.3 is 10.5 Å². The molecule has 6 heteroatoms. The SMILES string of the molecule is CCOC(=O)C#Cc1ccc(N)cc1[N+](=O)[O-]. The van der Waals surface area contributed by atoms with Crippen molar-refractivity contribution in [1.29, 1.82) is 0 Å². The number of nitrogen functional groups attached to an aromatic ring is 1. The number of ether oxygens (including phenoxy) is 1. The number of rotatable bonds is 2. The number of hydrogen-bond donors (Lipinski definition) is 1. The highest BCUT2D eigenvalue weighted by Crippen LogP contribution is 2.20. The highest BCUT2D eigenvalue weighted by molar-refractivity contribution is 5.89. The minimum absolute atomic E-state index is 0.122. The Morgan fingerprint density at radius 1 is 1.59 bits per heavy atom. The predicted molar refractivity (Wildman–Crippen MR) is 61.0 cm³/mol. The summed E-state index contributed by atoms with van der Waals surface area (Å²) in [4.78, 5) is 21.1. The molecular weight excluding hydrogens is 224 g/mol. The summed E-state index contributed by atoms with van der Waals surface area (Å²) in [6.07, 6.45) is 0. The molecule has 0 bridgehead atoms. The lowest BCUT2D eigenvalue weighted by Gasteiger charge is -1.97. The van der Waals surface area contributed by atoms with Gasteiger partial charge in [0.05, 0.1) is 11.5 Å². The molecule has 1 aromatic carbocycles. The topological polar surface area (TPSA) is 95.5 Å². The van der Waals surface area contributed by atoms with Gasteiger partial charge >= 0.3 is 5.97 Å². The molecule has 0 spiro atoms. The minimum atomic E-state index is -0.723. The quantitative estimate of drug-likeness (QED) is 0.272. The Bertz CT molecular complexity index is 514. The third-order valence-electron chi connectivity index (χ3n) is 1.79. The molecule has 1 rings (SSSR count). The smallest absolute Gasteiger partial charge is 0.384 e. The second-order valence-corrected chi connectivity index (χ2v) is 3.00. The van der Waals surface area contributed by atoms with Gasteiger partial charge in [0.2, 0.25) is 0 Å². The maximum absolute atomic E-state index is 11.0. The molecule has 0 radical (unpaired) electrons. The van der Waals surface area contributed by atoms with Crippen LogP contribution in [0.1, 0.15) is 12.5 Å². The molecule has 2 N–H and O–H groups in total. The van der Waals surface area contributed by atoms with Crippen LogP contribution in [0.25, 0.3) is 0 Å². The average Bonchev–Trinajstić information content (AvgIpc) is 2.27. The zero-order chi connectivity index (χ0) is 12.8. The van der Waals surface area contributed by atoms with Crippen molar-refractivity contribution in [3.05, 3.63) is 33.9 Å². The molecule has 0 aliphatic heterocycles. The summed E-state index contributed by atoms with van der Waals surface area (Å²) in [7, 11) is 0. The van der Waals surface area contributed by atoms with Crippen molar-refractivity contribution in [2.24, 2.45) is 0 Å². The Kier molecular flexibility index (Phi) is 4.06. The molecule has 0 unspecified atom stereocenters. The van der Waals surface area contributed by atoms with E-state index in [0.29, 0.717) is 0 Å². The number of nitrogens with zero attached hydrogens (tertiary/aromatic N) is 1. The summed E-state index contributed by atoms with van der Waals surface area (Å²) in [6.45, 7) is 1.85. The van der Waals surface area contributed by atoms with Crippen LogP contribution in [0, 0.1) is 22.0 Å². The second kappa shape index (κ2) is 5.51. The molecular formula is C11H10N2O4. The van der Waals surface area contributed by atoms with Crippen LogP contribution >= 0.6 is 0 Å². The van der Waals surface area contributed by atoms with Gasteiger partial charge in [0, 0.05) is 17.7 Å². The lowest BCUT2D eigenvalue weighted by Crippen LogP contribution is -2.00. The van der Waals surface area contributed by atoms with Gasteiger partial charge in [-0.2, -0.15) is 0 Å². The Morgan fingerprint density at radius 2 is 2.29 bits per heavy atom. The number of carbonyl (C=O) groups excluding carboxylic acids is 1. The van der Waals surface area contributed by atoms with Crippen molar-refractivity contribution in [2.45, 2.75) is 6.92 Å². The normalized spacial score (nSPS) is 9.00. The third-order valence-corrected chi connectivity index (χ3v) is 1.79. The van der Waals surface area contributed by atoms with Gasteiger partial charge in [0.1, 0.15) is 5.56 Å². The molecule has 0 aliphatic carbocycles. The van der Waals surface area contributed by atoms with E-state index in [-0.39, 0.29) is 23.5 Å². The van der Waals surface area contributed by atoms with Gasteiger partial charge in [0.15, 0.2) is 0 Å². The third kappa shape index (κ3) is 3.50. The summed E-state index contributed by atoms with van der Waals surface area (Å²) < 4.78 is 4.58. The fourth-order valence-corrected chi connectivity index (χ4v) is 1.09. The summed E-state index contributed by atoms with van der Waals surface area (Å²) in [6, 6.07) is 4.05. The van der Waals surface area contributed by atoms with Gasteiger partial charge in [0.25, 0.3) is 5.69 Å². The molecule has 0 heterocycles. The van der Waals surface area contributed by atoms with E-state index >= 15 is 0 Å². The summed E-state index contributed by atoms with van der Waals surface area (Å²) in [5, 5.41) is 10.7. The molecule has 0 saturated carbocycles. The molecule has 0 aliphatic rings. The second-order valence-electron chi connectivity index (χ2n) is 3.00. The first kappa shape index (κ1) is 12.5. The number of carbonyl (C=O) groups is 1. The number of hydrogen-bond acceptors (Lipinski definition) is 5. The van der Waals surface area contributed by atoms with Crippen molar-refractivity contribution in [1.82, 2.24) is 0 Å². The molecule has 1 aromatic rings. The molecule has 0 amide bonds. The van der Waals surface area contributed by atoms with Gasteiger partial charge in [-0.15, -0.1) is 0 Å². The molecule has 0 atom stereocenters. The first-order valence-electron chi connectivity index (χ1n) is 4.77. The van der Waals surface area contributed by atoms with Gasteiger partial charge in [-0.05, 0) is 25.0 Å². The van der Waals surface area contributed by atoms with E-state index in [1.54, 1.807) is 6.92 Å². The Labute approximate surface area is 97.5 Å². The maximum atomic E-state index is 11.0. The van der Waals surface area contributed by atoms with Crippen LogP contribution in [-0.4, -0.2) is 17.5 Å². The monoisotopic (exact) mass is 234 g/mol. The number of nitro groups is 1. The maximum Gasteiger partial charge on any atom is 0.384 e. The summed E-state index contributed by atoms with van der Waals surface area (Å²) in [5.74, 6) is 3.82. The number of nitrogens with two attached hydrogens (primary N) is 1. The standard InChI is InChI=1S/C11H10N2O4/c1-2-17-11(14)6-4-8-3-5-9(12)7-10(8)13(15)16/h3,5,7H,2,12H2,1H3. The zero-order valence-electron chi connectivity index (χ0n) is 9.10. The fraction of sp³-hybridized carbons (Fsp3) is 0.182. The van der Waals surface area contributed by atoms with Crippen molar-refractivity contribution < 1.29 is 14.5 Å². The van der Waals surface area contributed by atoms with E-state index in [4.69, 9.17) is 5.73 Å². The van der Waals surface area contributed by atoms with E-state index < -0.39 is 10.9 Å². The van der Waals surface area contributed by atoms with E-state index in [0.717, 1.165) is 0 Å². The lowest BCUT2D eigenvalue weighted by atomic mass is 10.1. The van der Waals surface area contributed by atoms with Crippen LogP contribution in [0.4, 0.5) is 11.4 Å². The van der Waals surface area contributed by atoms with Crippen LogP contribution in [0.2, 0.25) is 0 Å². The van der Waals surface area contributed by atoms with Crippen LogP contribution in [-0.2, 0) is 9.53 Å².